The van der Waals surface area contributed by atoms with Crippen LogP contribution >= 0.6 is 0 Å². The number of aliphatic carboxylic acids is 1. The molecule has 0 spiro atoms. The summed E-state index contributed by atoms with van der Waals surface area (Å²) in [7, 11) is -4.31. The van der Waals surface area contributed by atoms with Crippen molar-refractivity contribution in [2.75, 3.05) is 0 Å². The van der Waals surface area contributed by atoms with Crippen LogP contribution in [0.4, 0.5) is 4.39 Å². The predicted octanol–water partition coefficient (Wildman–Crippen LogP) is -0.190. The number of carbonyl (C=O) groups is 1. The van der Waals surface area contributed by atoms with E-state index in [0.717, 1.165) is 25.1 Å². The summed E-state index contributed by atoms with van der Waals surface area (Å²) >= 11 is 0. The van der Waals surface area contributed by atoms with Crippen molar-refractivity contribution < 1.29 is 27.8 Å². The summed E-state index contributed by atoms with van der Waals surface area (Å²) in [4.78, 5) is 10.4. The molecule has 20 heavy (non-hydrogen) atoms. The van der Waals surface area contributed by atoms with Crippen LogP contribution in [0.25, 0.3) is 0 Å². The van der Waals surface area contributed by atoms with E-state index in [-0.39, 0.29) is 0 Å². The van der Waals surface area contributed by atoms with E-state index in [1.807, 2.05) is 0 Å². The standard InChI is InChI=1S/C11H11FN2O5S/c1-6(15)10(11(16)17)14-20(18,19)8-2-3-9(12)7(4-8)5-13/h2-4,6,10,14-15H,1H3,(H,16,17)/t6-,10+/m1/s1. The SMILES string of the molecule is C[C@@H](O)[C@H](NS(=O)(=O)c1ccc(F)c(C#N)c1)C(=O)O. The number of carboxylic acid groups (broad SMARTS) is 1. The normalized spacial score (nSPS) is 14.3. The molecule has 7 nitrogen and oxygen atoms in total. The number of aliphatic hydroxyl groups excluding tert-OH is 1. The zero-order valence-corrected chi connectivity index (χ0v) is 11.1. The fourth-order valence-electron chi connectivity index (χ4n) is 1.35. The van der Waals surface area contributed by atoms with Crippen LogP contribution in [-0.2, 0) is 14.8 Å². The maximum Gasteiger partial charge on any atom is 0.324 e. The van der Waals surface area contributed by atoms with Gasteiger partial charge < -0.3 is 10.2 Å². The zero-order valence-electron chi connectivity index (χ0n) is 10.2. The van der Waals surface area contributed by atoms with E-state index in [0.29, 0.717) is 0 Å². The van der Waals surface area contributed by atoms with Crippen LogP contribution in [0.15, 0.2) is 23.1 Å². The third kappa shape index (κ3) is 3.51. The molecule has 0 amide bonds. The maximum absolute atomic E-state index is 13.1. The van der Waals surface area contributed by atoms with E-state index < -0.39 is 44.4 Å². The Labute approximate surface area is 114 Å². The van der Waals surface area contributed by atoms with E-state index in [9.17, 15) is 22.7 Å². The van der Waals surface area contributed by atoms with Gasteiger partial charge in [0.25, 0.3) is 0 Å². The lowest BCUT2D eigenvalue weighted by Crippen LogP contribution is -2.47. The number of nitriles is 1. The van der Waals surface area contributed by atoms with Gasteiger partial charge in [-0.1, -0.05) is 0 Å². The quantitative estimate of drug-likeness (QED) is 0.691. The molecule has 0 bridgehead atoms. The Morgan fingerprint density at radius 3 is 2.55 bits per heavy atom. The minimum absolute atomic E-state index is 0.470. The third-order valence-electron chi connectivity index (χ3n) is 2.40. The molecule has 3 N–H and O–H groups in total. The summed E-state index contributed by atoms with van der Waals surface area (Å²) in [5.41, 5.74) is -0.489. The van der Waals surface area contributed by atoms with Crippen molar-refractivity contribution in [2.45, 2.75) is 24.0 Å². The highest BCUT2D eigenvalue weighted by Crippen LogP contribution is 2.15. The lowest BCUT2D eigenvalue weighted by atomic mass is 10.2. The van der Waals surface area contributed by atoms with E-state index in [1.165, 1.54) is 6.07 Å². The Balaban J connectivity index is 3.18. The Morgan fingerprint density at radius 2 is 2.10 bits per heavy atom. The summed E-state index contributed by atoms with van der Waals surface area (Å²) in [5, 5.41) is 26.6. The van der Waals surface area contributed by atoms with Crippen LogP contribution < -0.4 is 4.72 Å². The second kappa shape index (κ2) is 5.96. The maximum atomic E-state index is 13.1. The first-order valence-corrected chi connectivity index (χ1v) is 6.80. The Bertz CT molecular complexity index is 666. The highest BCUT2D eigenvalue weighted by Gasteiger charge is 2.29. The van der Waals surface area contributed by atoms with Gasteiger partial charge in [0.05, 0.1) is 16.6 Å². The van der Waals surface area contributed by atoms with Gasteiger partial charge in [0.2, 0.25) is 10.0 Å². The minimum Gasteiger partial charge on any atom is -0.480 e. The molecule has 0 aliphatic heterocycles. The summed E-state index contributed by atoms with van der Waals surface area (Å²) in [6, 6.07) is 2.17. The van der Waals surface area contributed by atoms with Crippen LogP contribution in [0.3, 0.4) is 0 Å². The fraction of sp³-hybridized carbons (Fsp3) is 0.273. The molecule has 0 heterocycles. The van der Waals surface area contributed by atoms with Gasteiger partial charge in [-0.05, 0) is 25.1 Å². The number of carboxylic acids is 1. The average molecular weight is 302 g/mol. The molecular weight excluding hydrogens is 291 g/mol. The molecule has 0 aliphatic carbocycles. The molecule has 0 unspecified atom stereocenters. The number of benzene rings is 1. The first-order valence-electron chi connectivity index (χ1n) is 5.32. The summed E-state index contributed by atoms with van der Waals surface area (Å²) in [5.74, 6) is -2.46. The van der Waals surface area contributed by atoms with Crippen molar-refractivity contribution in [1.29, 1.82) is 5.26 Å². The van der Waals surface area contributed by atoms with Crippen LogP contribution in [-0.4, -0.2) is 36.7 Å². The molecule has 108 valence electrons. The van der Waals surface area contributed by atoms with Crippen LogP contribution in [0, 0.1) is 17.1 Å². The van der Waals surface area contributed by atoms with E-state index in [4.69, 9.17) is 10.4 Å². The zero-order chi connectivity index (χ0) is 15.5. The molecule has 0 saturated heterocycles. The van der Waals surface area contributed by atoms with Gasteiger partial charge in [-0.25, -0.2) is 12.8 Å². The number of sulfonamides is 1. The molecule has 0 aromatic heterocycles. The predicted molar refractivity (Wildman–Crippen MR) is 64.5 cm³/mol. The number of halogens is 1. The molecule has 0 aliphatic rings. The molecule has 0 radical (unpaired) electrons. The van der Waals surface area contributed by atoms with Crippen molar-refractivity contribution >= 4 is 16.0 Å². The van der Waals surface area contributed by atoms with Gasteiger partial charge in [-0.2, -0.15) is 9.98 Å². The van der Waals surface area contributed by atoms with Crippen molar-refractivity contribution in [3.8, 4) is 6.07 Å². The van der Waals surface area contributed by atoms with Crippen molar-refractivity contribution in [3.05, 3.63) is 29.6 Å². The second-order valence-corrected chi connectivity index (χ2v) is 5.65. The van der Waals surface area contributed by atoms with Crippen molar-refractivity contribution in [1.82, 2.24) is 4.72 Å². The molecule has 0 fully saturated rings. The van der Waals surface area contributed by atoms with Crippen LogP contribution in [0.1, 0.15) is 12.5 Å². The Morgan fingerprint density at radius 1 is 1.50 bits per heavy atom. The monoisotopic (exact) mass is 302 g/mol. The number of hydrogen-bond acceptors (Lipinski definition) is 5. The van der Waals surface area contributed by atoms with Gasteiger partial charge in [0.15, 0.2) is 0 Å². The van der Waals surface area contributed by atoms with E-state index in [2.05, 4.69) is 0 Å². The average Bonchev–Trinajstić information content (AvgIpc) is 2.35. The lowest BCUT2D eigenvalue weighted by Gasteiger charge is -2.17. The number of nitrogens with zero attached hydrogens (tertiary/aromatic N) is 1. The molecular formula is C11H11FN2O5S. The number of aliphatic hydroxyl groups is 1. The summed E-state index contributed by atoms with van der Waals surface area (Å²) < 4.78 is 38.7. The van der Waals surface area contributed by atoms with Gasteiger partial charge in [0.1, 0.15) is 17.9 Å². The molecule has 1 aromatic carbocycles. The van der Waals surface area contributed by atoms with E-state index >= 15 is 0 Å². The van der Waals surface area contributed by atoms with Crippen LogP contribution in [0.5, 0.6) is 0 Å². The topological polar surface area (TPSA) is 127 Å². The number of rotatable bonds is 5. The molecule has 1 aromatic rings. The number of hydrogen-bond donors (Lipinski definition) is 3. The van der Waals surface area contributed by atoms with Gasteiger partial charge in [-0.15, -0.1) is 0 Å². The van der Waals surface area contributed by atoms with Crippen molar-refractivity contribution in [2.24, 2.45) is 0 Å². The number of nitrogens with one attached hydrogen (secondary N) is 1. The highest BCUT2D eigenvalue weighted by atomic mass is 32.2. The summed E-state index contributed by atoms with van der Waals surface area (Å²) in [6.45, 7) is 1.10. The minimum atomic E-state index is -4.31. The molecule has 2 atom stereocenters. The smallest absolute Gasteiger partial charge is 0.324 e. The van der Waals surface area contributed by atoms with Crippen LogP contribution in [0.2, 0.25) is 0 Å². The van der Waals surface area contributed by atoms with Gasteiger partial charge in [-0.3, -0.25) is 4.79 Å². The largest absolute Gasteiger partial charge is 0.480 e. The Hall–Kier alpha value is -2.02. The Kier molecular flexibility index (Phi) is 4.78. The first kappa shape index (κ1) is 16.0. The first-order chi connectivity index (χ1) is 9.19. The fourth-order valence-corrected chi connectivity index (χ4v) is 2.64. The highest BCUT2D eigenvalue weighted by molar-refractivity contribution is 7.89. The van der Waals surface area contributed by atoms with Crippen molar-refractivity contribution in [3.63, 3.8) is 0 Å². The van der Waals surface area contributed by atoms with Gasteiger partial charge in [0, 0.05) is 0 Å². The summed E-state index contributed by atoms with van der Waals surface area (Å²) in [6.07, 6.45) is -1.47. The lowest BCUT2D eigenvalue weighted by molar-refractivity contribution is -0.141. The van der Waals surface area contributed by atoms with Gasteiger partial charge >= 0.3 is 5.97 Å². The van der Waals surface area contributed by atoms with E-state index in [1.54, 1.807) is 4.72 Å². The molecule has 9 heteroatoms. The second-order valence-electron chi connectivity index (χ2n) is 3.93. The molecule has 1 rings (SSSR count). The third-order valence-corrected chi connectivity index (χ3v) is 3.84. The molecule has 0 saturated carbocycles.